The number of thioether (sulfide) groups is 1. The number of pyridine rings is 1. The van der Waals surface area contributed by atoms with E-state index in [-0.39, 0.29) is 5.56 Å². The van der Waals surface area contributed by atoms with Crippen molar-refractivity contribution in [3.8, 4) is 6.07 Å². The topological polar surface area (TPSA) is 62.7 Å². The highest BCUT2D eigenvalue weighted by Crippen LogP contribution is 2.22. The highest BCUT2D eigenvalue weighted by molar-refractivity contribution is 7.98. The molecular weight excluding hydrogens is 249 g/mol. The molecule has 0 atom stereocenters. The van der Waals surface area contributed by atoms with Gasteiger partial charge in [-0.15, -0.1) is 11.8 Å². The summed E-state index contributed by atoms with van der Waals surface area (Å²) in [6.45, 7) is 0. The third-order valence-corrected chi connectivity index (χ3v) is 3.31. The van der Waals surface area contributed by atoms with Gasteiger partial charge in [0.25, 0.3) is 0 Å². The molecule has 0 radical (unpaired) electrons. The molecule has 0 spiro atoms. The van der Waals surface area contributed by atoms with Crippen LogP contribution >= 0.6 is 11.8 Å². The molecule has 18 heavy (non-hydrogen) atoms. The molecule has 0 amide bonds. The van der Waals surface area contributed by atoms with Gasteiger partial charge in [0.15, 0.2) is 0 Å². The second-order valence-electron chi connectivity index (χ2n) is 3.64. The number of hydrogen-bond donors (Lipinski definition) is 1. The normalized spacial score (nSPS) is 10.0. The van der Waals surface area contributed by atoms with Crippen LogP contribution in [0.25, 0.3) is 0 Å². The Labute approximate surface area is 108 Å². The van der Waals surface area contributed by atoms with Crippen molar-refractivity contribution in [3.63, 3.8) is 0 Å². The third-order valence-electron chi connectivity index (χ3n) is 2.30. The first-order valence-electron chi connectivity index (χ1n) is 5.22. The lowest BCUT2D eigenvalue weighted by atomic mass is 10.1. The molecule has 1 aromatic heterocycles. The average molecular weight is 259 g/mol. The number of rotatable bonds is 3. The minimum atomic E-state index is -0.489. The summed E-state index contributed by atoms with van der Waals surface area (Å²) < 4.78 is 13.1. The monoisotopic (exact) mass is 259 g/mol. The molecule has 2 N–H and O–H groups in total. The van der Waals surface area contributed by atoms with Gasteiger partial charge in [0.05, 0.1) is 22.5 Å². The number of benzene rings is 1. The molecule has 0 saturated heterocycles. The first kappa shape index (κ1) is 12.4. The Morgan fingerprint density at radius 1 is 1.33 bits per heavy atom. The van der Waals surface area contributed by atoms with E-state index in [1.54, 1.807) is 24.4 Å². The Morgan fingerprint density at radius 3 is 2.83 bits per heavy atom. The van der Waals surface area contributed by atoms with Crippen LogP contribution in [0.15, 0.2) is 41.6 Å². The van der Waals surface area contributed by atoms with Crippen LogP contribution in [0.1, 0.15) is 11.1 Å². The number of nitriles is 1. The second-order valence-corrected chi connectivity index (χ2v) is 4.64. The van der Waals surface area contributed by atoms with Crippen molar-refractivity contribution in [2.24, 2.45) is 0 Å². The van der Waals surface area contributed by atoms with Crippen LogP contribution in [0.4, 0.5) is 10.1 Å². The molecule has 0 aliphatic carbocycles. The van der Waals surface area contributed by atoms with Crippen molar-refractivity contribution in [3.05, 3.63) is 53.5 Å². The zero-order valence-corrected chi connectivity index (χ0v) is 10.2. The average Bonchev–Trinajstić information content (AvgIpc) is 2.39. The van der Waals surface area contributed by atoms with Crippen molar-refractivity contribution in [2.75, 3.05) is 5.73 Å². The Bertz CT molecular complexity index is 590. The zero-order chi connectivity index (χ0) is 13.0. The van der Waals surface area contributed by atoms with E-state index >= 15 is 0 Å². The van der Waals surface area contributed by atoms with Gasteiger partial charge in [0, 0.05) is 5.75 Å². The SMILES string of the molecule is N#Cc1cc(CSc2ccc(N)cn2)ccc1F. The molecule has 0 saturated carbocycles. The Morgan fingerprint density at radius 2 is 2.17 bits per heavy atom. The van der Waals surface area contributed by atoms with Gasteiger partial charge < -0.3 is 5.73 Å². The molecule has 0 fully saturated rings. The summed E-state index contributed by atoms with van der Waals surface area (Å²) in [5, 5.41) is 9.58. The van der Waals surface area contributed by atoms with E-state index in [4.69, 9.17) is 11.0 Å². The lowest BCUT2D eigenvalue weighted by Crippen LogP contribution is -1.89. The summed E-state index contributed by atoms with van der Waals surface area (Å²) in [7, 11) is 0. The number of aromatic nitrogens is 1. The fourth-order valence-electron chi connectivity index (χ4n) is 1.38. The van der Waals surface area contributed by atoms with E-state index < -0.39 is 5.82 Å². The molecule has 0 aliphatic rings. The Balaban J connectivity index is 2.06. The van der Waals surface area contributed by atoms with E-state index in [2.05, 4.69) is 4.98 Å². The van der Waals surface area contributed by atoms with Crippen LogP contribution in [0, 0.1) is 17.1 Å². The fraction of sp³-hybridized carbons (Fsp3) is 0.0769. The highest BCUT2D eigenvalue weighted by atomic mass is 32.2. The number of nitrogen functional groups attached to an aromatic ring is 1. The van der Waals surface area contributed by atoms with Gasteiger partial charge in [0.2, 0.25) is 0 Å². The molecule has 90 valence electrons. The van der Waals surface area contributed by atoms with Crippen molar-refractivity contribution in [1.82, 2.24) is 4.98 Å². The van der Waals surface area contributed by atoms with Crippen LogP contribution in [0.2, 0.25) is 0 Å². The largest absolute Gasteiger partial charge is 0.397 e. The second kappa shape index (κ2) is 5.52. The van der Waals surface area contributed by atoms with Crippen molar-refractivity contribution < 1.29 is 4.39 Å². The standard InChI is InChI=1S/C13H10FN3S/c14-12-3-1-9(5-10(12)6-15)8-18-13-4-2-11(16)7-17-13/h1-5,7H,8,16H2. The Kier molecular flexibility index (Phi) is 3.80. The quantitative estimate of drug-likeness (QED) is 0.861. The first-order valence-corrected chi connectivity index (χ1v) is 6.20. The third kappa shape index (κ3) is 2.99. The lowest BCUT2D eigenvalue weighted by molar-refractivity contribution is 0.623. The maximum Gasteiger partial charge on any atom is 0.140 e. The molecule has 2 aromatic rings. The lowest BCUT2D eigenvalue weighted by Gasteiger charge is -2.02. The molecule has 0 aliphatic heterocycles. The number of anilines is 1. The van der Waals surface area contributed by atoms with Gasteiger partial charge in [-0.05, 0) is 29.8 Å². The molecule has 0 bridgehead atoms. The summed E-state index contributed by atoms with van der Waals surface area (Å²) in [5.41, 5.74) is 7.11. The smallest absolute Gasteiger partial charge is 0.140 e. The van der Waals surface area contributed by atoms with Crippen LogP contribution in [-0.4, -0.2) is 4.98 Å². The zero-order valence-electron chi connectivity index (χ0n) is 9.43. The minimum absolute atomic E-state index is 0.0679. The van der Waals surface area contributed by atoms with E-state index in [0.717, 1.165) is 10.6 Å². The van der Waals surface area contributed by atoms with Crippen LogP contribution in [0.3, 0.4) is 0 Å². The molecule has 5 heteroatoms. The minimum Gasteiger partial charge on any atom is -0.397 e. The molecule has 1 aromatic carbocycles. The molecule has 3 nitrogen and oxygen atoms in total. The van der Waals surface area contributed by atoms with Crippen LogP contribution in [0.5, 0.6) is 0 Å². The van der Waals surface area contributed by atoms with E-state index in [0.29, 0.717) is 11.4 Å². The van der Waals surface area contributed by atoms with Crippen molar-refractivity contribution in [2.45, 2.75) is 10.8 Å². The predicted octanol–water partition coefficient (Wildman–Crippen LogP) is 2.97. The number of nitrogens with two attached hydrogens (primary N) is 1. The molecule has 2 rings (SSSR count). The number of hydrogen-bond acceptors (Lipinski definition) is 4. The number of halogens is 1. The maximum absolute atomic E-state index is 13.1. The Hall–Kier alpha value is -2.06. The van der Waals surface area contributed by atoms with Crippen LogP contribution < -0.4 is 5.73 Å². The van der Waals surface area contributed by atoms with Gasteiger partial charge in [0.1, 0.15) is 11.9 Å². The van der Waals surface area contributed by atoms with Gasteiger partial charge >= 0.3 is 0 Å². The fourth-order valence-corrected chi connectivity index (χ4v) is 2.17. The van der Waals surface area contributed by atoms with Gasteiger partial charge in [-0.2, -0.15) is 5.26 Å². The highest BCUT2D eigenvalue weighted by Gasteiger charge is 2.03. The molecule has 1 heterocycles. The summed E-state index contributed by atoms with van der Waals surface area (Å²) >= 11 is 1.51. The van der Waals surface area contributed by atoms with Crippen LogP contribution in [-0.2, 0) is 5.75 Å². The first-order chi connectivity index (χ1) is 8.69. The maximum atomic E-state index is 13.1. The van der Waals surface area contributed by atoms with Crippen molar-refractivity contribution in [1.29, 1.82) is 5.26 Å². The van der Waals surface area contributed by atoms with Crippen molar-refractivity contribution >= 4 is 17.4 Å². The number of nitrogens with zero attached hydrogens (tertiary/aromatic N) is 2. The molecular formula is C13H10FN3S. The summed E-state index contributed by atoms with van der Waals surface area (Å²) in [6.07, 6.45) is 1.59. The van der Waals surface area contributed by atoms with E-state index in [9.17, 15) is 4.39 Å². The van der Waals surface area contributed by atoms with E-state index in [1.807, 2.05) is 12.1 Å². The van der Waals surface area contributed by atoms with E-state index in [1.165, 1.54) is 17.8 Å². The van der Waals surface area contributed by atoms with Gasteiger partial charge in [-0.3, -0.25) is 0 Å². The van der Waals surface area contributed by atoms with Gasteiger partial charge in [-0.1, -0.05) is 6.07 Å². The molecule has 0 unspecified atom stereocenters. The van der Waals surface area contributed by atoms with Gasteiger partial charge in [-0.25, -0.2) is 9.37 Å². The summed E-state index contributed by atoms with van der Waals surface area (Å²) in [5.74, 6) is 0.142. The summed E-state index contributed by atoms with van der Waals surface area (Å²) in [4.78, 5) is 4.15. The summed E-state index contributed by atoms with van der Waals surface area (Å²) in [6, 6.07) is 9.96. The predicted molar refractivity (Wildman–Crippen MR) is 69.3 cm³/mol.